The molecule has 1 saturated carbocycles. The van der Waals surface area contributed by atoms with Crippen LogP contribution in [0.25, 0.3) is 16.9 Å². The molecule has 1 atom stereocenters. The number of aromatic nitrogens is 3. The molecule has 8 heteroatoms. The van der Waals surface area contributed by atoms with Crippen molar-refractivity contribution in [1.82, 2.24) is 19.5 Å². The molecule has 1 aromatic carbocycles. The number of carbonyl (C=O) groups excluding carboxylic acids is 1. The molecule has 6 nitrogen and oxygen atoms in total. The van der Waals surface area contributed by atoms with Crippen molar-refractivity contribution in [3.63, 3.8) is 0 Å². The van der Waals surface area contributed by atoms with E-state index < -0.39 is 0 Å². The van der Waals surface area contributed by atoms with Gasteiger partial charge >= 0.3 is 0 Å². The van der Waals surface area contributed by atoms with Crippen LogP contribution >= 0.6 is 11.3 Å². The van der Waals surface area contributed by atoms with E-state index in [1.165, 1.54) is 10.4 Å². The van der Waals surface area contributed by atoms with Crippen molar-refractivity contribution < 1.29 is 9.18 Å². The number of nitrogens with zero attached hydrogens (tertiary/aromatic N) is 5. The van der Waals surface area contributed by atoms with Gasteiger partial charge in [0.25, 0.3) is 5.91 Å². The van der Waals surface area contributed by atoms with E-state index in [0.717, 1.165) is 56.6 Å². The van der Waals surface area contributed by atoms with Gasteiger partial charge < -0.3 is 9.80 Å². The summed E-state index contributed by atoms with van der Waals surface area (Å²) in [6.45, 7) is 6.92. The molecule has 3 aliphatic rings. The second kappa shape index (κ2) is 8.38. The molecule has 190 valence electrons. The average molecular weight is 516 g/mol. The van der Waals surface area contributed by atoms with E-state index in [9.17, 15) is 4.79 Å². The molecule has 0 spiro atoms. The third kappa shape index (κ3) is 3.76. The van der Waals surface area contributed by atoms with Gasteiger partial charge in [-0.3, -0.25) is 4.79 Å². The van der Waals surface area contributed by atoms with Crippen LogP contribution in [0.5, 0.6) is 0 Å². The molecule has 3 aromatic heterocycles. The Labute approximate surface area is 219 Å². The standard InChI is InChI=1S/C29H30FN5OS/c1-18-20-8-14-37-25(20)7-13-34(18)28(36)24-16-26(29(2)9-10-29)35-27(31-24)17-23(32-35)21-6-5-19(15-22(21)30)33-11-3-4-12-33/h5-6,8,14-18H,3-4,7,9-13H2,1-2H3. The van der Waals surface area contributed by atoms with Crippen molar-refractivity contribution in [2.45, 2.75) is 57.4 Å². The zero-order valence-corrected chi connectivity index (χ0v) is 22.0. The Kier molecular flexibility index (Phi) is 5.19. The van der Waals surface area contributed by atoms with E-state index in [1.54, 1.807) is 17.4 Å². The number of halogens is 1. The highest BCUT2D eigenvalue weighted by Crippen LogP contribution is 2.48. The van der Waals surface area contributed by atoms with Gasteiger partial charge in [0.05, 0.1) is 17.4 Å². The molecule has 7 rings (SSSR count). The van der Waals surface area contributed by atoms with Crippen LogP contribution < -0.4 is 4.90 Å². The third-order valence-corrected chi connectivity index (χ3v) is 9.50. The van der Waals surface area contributed by atoms with Gasteiger partial charge in [0.2, 0.25) is 0 Å². The number of hydrogen-bond acceptors (Lipinski definition) is 5. The normalized spacial score (nSPS) is 20.5. The van der Waals surface area contributed by atoms with Crippen LogP contribution in [0.1, 0.15) is 72.2 Å². The second-order valence-electron chi connectivity index (χ2n) is 11.0. The molecule has 0 N–H and O–H groups in total. The SMILES string of the molecule is CC1c2ccsc2CCN1C(=O)c1cc(C2(C)CC2)n2nc(-c3ccc(N4CCCC4)cc3F)cc2n1. The number of carbonyl (C=O) groups is 1. The van der Waals surface area contributed by atoms with Crippen molar-refractivity contribution in [2.24, 2.45) is 0 Å². The fourth-order valence-corrected chi connectivity index (χ4v) is 6.87. The lowest BCUT2D eigenvalue weighted by Crippen LogP contribution is -2.38. The topological polar surface area (TPSA) is 53.7 Å². The highest BCUT2D eigenvalue weighted by molar-refractivity contribution is 7.10. The molecule has 0 radical (unpaired) electrons. The monoisotopic (exact) mass is 515 g/mol. The average Bonchev–Trinajstić information content (AvgIpc) is 3.35. The van der Waals surface area contributed by atoms with Crippen LogP contribution in [0.15, 0.2) is 41.8 Å². The number of thiophene rings is 1. The quantitative estimate of drug-likeness (QED) is 0.334. The van der Waals surface area contributed by atoms with Crippen LogP contribution in [0.4, 0.5) is 10.1 Å². The number of rotatable bonds is 4. The van der Waals surface area contributed by atoms with Gasteiger partial charge in [-0.1, -0.05) is 6.92 Å². The van der Waals surface area contributed by atoms with E-state index in [1.807, 2.05) is 33.7 Å². The first kappa shape index (κ1) is 22.9. The number of benzene rings is 1. The van der Waals surface area contributed by atoms with E-state index >= 15 is 4.39 Å². The van der Waals surface area contributed by atoms with Crippen molar-refractivity contribution in [2.75, 3.05) is 24.5 Å². The largest absolute Gasteiger partial charge is 0.371 e. The Morgan fingerprint density at radius 3 is 2.68 bits per heavy atom. The predicted molar refractivity (Wildman–Crippen MR) is 144 cm³/mol. The lowest BCUT2D eigenvalue weighted by molar-refractivity contribution is 0.0673. The molecule has 1 saturated heterocycles. The summed E-state index contributed by atoms with van der Waals surface area (Å²) in [6.07, 6.45) is 5.24. The highest BCUT2D eigenvalue weighted by Gasteiger charge is 2.42. The summed E-state index contributed by atoms with van der Waals surface area (Å²) in [4.78, 5) is 24.0. The van der Waals surface area contributed by atoms with Crippen LogP contribution in [0.3, 0.4) is 0 Å². The number of amides is 1. The van der Waals surface area contributed by atoms with Crippen molar-refractivity contribution in [1.29, 1.82) is 0 Å². The maximum atomic E-state index is 15.3. The molecule has 1 aliphatic carbocycles. The summed E-state index contributed by atoms with van der Waals surface area (Å²) in [5.74, 6) is -0.335. The Bertz CT molecular complexity index is 1530. The summed E-state index contributed by atoms with van der Waals surface area (Å²) in [7, 11) is 0. The summed E-state index contributed by atoms with van der Waals surface area (Å²) in [5, 5.41) is 6.91. The first-order chi connectivity index (χ1) is 17.9. The minimum atomic E-state index is -0.281. The summed E-state index contributed by atoms with van der Waals surface area (Å²) >= 11 is 1.77. The number of fused-ring (bicyclic) bond motifs is 2. The number of hydrogen-bond donors (Lipinski definition) is 0. The van der Waals surface area contributed by atoms with Crippen molar-refractivity contribution in [3.8, 4) is 11.3 Å². The minimum absolute atomic E-state index is 0.0178. The lowest BCUT2D eigenvalue weighted by atomic mass is 10.00. The molecule has 1 unspecified atom stereocenters. The van der Waals surface area contributed by atoms with Gasteiger partial charge in [-0.25, -0.2) is 13.9 Å². The molecular weight excluding hydrogens is 485 g/mol. The van der Waals surface area contributed by atoms with Crippen LogP contribution in [-0.2, 0) is 11.8 Å². The van der Waals surface area contributed by atoms with E-state index in [-0.39, 0.29) is 23.2 Å². The fraction of sp³-hybridized carbons (Fsp3) is 0.414. The molecular formula is C29H30FN5OS. The zero-order valence-electron chi connectivity index (χ0n) is 21.2. The Morgan fingerprint density at radius 1 is 1.11 bits per heavy atom. The Balaban J connectivity index is 1.28. The molecule has 37 heavy (non-hydrogen) atoms. The van der Waals surface area contributed by atoms with Crippen LogP contribution in [-0.4, -0.2) is 45.0 Å². The molecule has 5 heterocycles. The van der Waals surface area contributed by atoms with Crippen LogP contribution in [0.2, 0.25) is 0 Å². The predicted octanol–water partition coefficient (Wildman–Crippen LogP) is 6.01. The van der Waals surface area contributed by atoms with Gasteiger partial charge in [0.1, 0.15) is 11.5 Å². The smallest absolute Gasteiger partial charge is 0.273 e. The zero-order chi connectivity index (χ0) is 25.3. The van der Waals surface area contributed by atoms with Gasteiger partial charge in [0, 0.05) is 47.2 Å². The highest BCUT2D eigenvalue weighted by atomic mass is 32.1. The van der Waals surface area contributed by atoms with Gasteiger partial charge in [0.15, 0.2) is 5.65 Å². The summed E-state index contributed by atoms with van der Waals surface area (Å²) < 4.78 is 17.1. The molecule has 1 amide bonds. The summed E-state index contributed by atoms with van der Waals surface area (Å²) in [6, 6.07) is 11.3. The molecule has 4 aromatic rings. The molecule has 0 bridgehead atoms. The third-order valence-electron chi connectivity index (χ3n) is 8.50. The summed E-state index contributed by atoms with van der Waals surface area (Å²) in [5.41, 5.74) is 5.12. The maximum absolute atomic E-state index is 15.3. The van der Waals surface area contributed by atoms with Crippen molar-refractivity contribution in [3.05, 3.63) is 69.4 Å². The lowest BCUT2D eigenvalue weighted by Gasteiger charge is -2.33. The van der Waals surface area contributed by atoms with Crippen LogP contribution in [0, 0.1) is 5.82 Å². The van der Waals surface area contributed by atoms with E-state index in [4.69, 9.17) is 10.1 Å². The van der Waals surface area contributed by atoms with Crippen molar-refractivity contribution >= 4 is 28.6 Å². The van der Waals surface area contributed by atoms with E-state index in [2.05, 4.69) is 30.2 Å². The Morgan fingerprint density at radius 2 is 1.92 bits per heavy atom. The molecule has 2 aliphatic heterocycles. The minimum Gasteiger partial charge on any atom is -0.371 e. The van der Waals surface area contributed by atoms with Gasteiger partial charge in [-0.15, -0.1) is 11.3 Å². The first-order valence-electron chi connectivity index (χ1n) is 13.2. The second-order valence-corrected chi connectivity index (χ2v) is 12.0. The maximum Gasteiger partial charge on any atom is 0.273 e. The van der Waals surface area contributed by atoms with Gasteiger partial charge in [-0.05, 0) is 80.3 Å². The first-order valence-corrected chi connectivity index (χ1v) is 14.1. The molecule has 2 fully saturated rings. The number of anilines is 1. The fourth-order valence-electron chi connectivity index (χ4n) is 5.91. The van der Waals surface area contributed by atoms with E-state index in [0.29, 0.717) is 29.1 Å². The van der Waals surface area contributed by atoms with Gasteiger partial charge in [-0.2, -0.15) is 5.10 Å². The Hall–Kier alpha value is -3.26.